The van der Waals surface area contributed by atoms with Crippen LogP contribution >= 0.6 is 0 Å². The van der Waals surface area contributed by atoms with Gasteiger partial charge in [0.05, 0.1) is 18.1 Å². The van der Waals surface area contributed by atoms with Crippen molar-refractivity contribution in [1.82, 2.24) is 10.2 Å². The predicted molar refractivity (Wildman–Crippen MR) is 80.2 cm³/mol. The molecule has 1 aliphatic rings. The van der Waals surface area contributed by atoms with Gasteiger partial charge in [-0.25, -0.2) is 8.42 Å². The van der Waals surface area contributed by atoms with Gasteiger partial charge in [-0.15, -0.1) is 0 Å². The molecule has 22 heavy (non-hydrogen) atoms. The average Bonchev–Trinajstić information content (AvgIpc) is 2.83. The number of ether oxygens (including phenoxy) is 2. The van der Waals surface area contributed by atoms with Crippen LogP contribution in [0.2, 0.25) is 0 Å². The van der Waals surface area contributed by atoms with Crippen LogP contribution in [0.5, 0.6) is 0 Å². The molecule has 1 atom stereocenters. The third kappa shape index (κ3) is 5.90. The minimum absolute atomic E-state index is 0.0455. The van der Waals surface area contributed by atoms with Crippen molar-refractivity contribution >= 4 is 21.7 Å². The molecule has 1 saturated heterocycles. The van der Waals surface area contributed by atoms with Gasteiger partial charge in [0.15, 0.2) is 9.84 Å². The summed E-state index contributed by atoms with van der Waals surface area (Å²) in [6.07, 6.45) is 0.958. The Labute approximate surface area is 131 Å². The SMILES string of the molecule is COCCCNC(=O)C(=O)N(CCOC)C1CCS(=O)(=O)C1. The molecule has 1 aliphatic heterocycles. The van der Waals surface area contributed by atoms with Gasteiger partial charge in [-0.05, 0) is 12.8 Å². The van der Waals surface area contributed by atoms with E-state index in [4.69, 9.17) is 9.47 Å². The molecule has 1 N–H and O–H groups in total. The van der Waals surface area contributed by atoms with Gasteiger partial charge in [0.1, 0.15) is 0 Å². The molecule has 0 aromatic rings. The first kappa shape index (κ1) is 18.9. The van der Waals surface area contributed by atoms with E-state index in [2.05, 4.69) is 5.32 Å². The van der Waals surface area contributed by atoms with Crippen molar-refractivity contribution in [3.05, 3.63) is 0 Å². The van der Waals surface area contributed by atoms with Crippen molar-refractivity contribution < 1.29 is 27.5 Å². The quantitative estimate of drug-likeness (QED) is 0.441. The first-order valence-corrected chi connectivity index (χ1v) is 9.00. The third-order valence-electron chi connectivity index (χ3n) is 3.45. The first-order chi connectivity index (χ1) is 10.4. The fraction of sp³-hybridized carbons (Fsp3) is 0.846. The summed E-state index contributed by atoms with van der Waals surface area (Å²) in [6, 6.07) is -0.461. The maximum Gasteiger partial charge on any atom is 0.312 e. The number of carbonyl (C=O) groups is 2. The van der Waals surface area contributed by atoms with Crippen LogP contribution in [-0.2, 0) is 28.9 Å². The number of nitrogens with one attached hydrogen (secondary N) is 1. The van der Waals surface area contributed by atoms with Crippen LogP contribution in [0.4, 0.5) is 0 Å². The minimum atomic E-state index is -3.13. The number of methoxy groups -OCH3 is 2. The van der Waals surface area contributed by atoms with Gasteiger partial charge < -0.3 is 19.7 Å². The van der Waals surface area contributed by atoms with Crippen molar-refractivity contribution in [2.75, 3.05) is 52.0 Å². The Bertz CT molecular complexity index is 479. The van der Waals surface area contributed by atoms with E-state index in [1.165, 1.54) is 12.0 Å². The zero-order valence-electron chi connectivity index (χ0n) is 13.0. The van der Waals surface area contributed by atoms with Crippen LogP contribution in [0.15, 0.2) is 0 Å². The highest BCUT2D eigenvalue weighted by Crippen LogP contribution is 2.17. The number of amides is 2. The van der Waals surface area contributed by atoms with E-state index in [0.717, 1.165) is 0 Å². The maximum absolute atomic E-state index is 12.2. The monoisotopic (exact) mass is 336 g/mol. The Morgan fingerprint density at radius 2 is 1.91 bits per heavy atom. The molecule has 1 heterocycles. The van der Waals surface area contributed by atoms with E-state index in [1.807, 2.05) is 0 Å². The molecule has 0 aromatic carbocycles. The van der Waals surface area contributed by atoms with Gasteiger partial charge in [0.25, 0.3) is 0 Å². The minimum Gasteiger partial charge on any atom is -0.385 e. The zero-order chi connectivity index (χ0) is 16.6. The Balaban J connectivity index is 2.62. The Hall–Kier alpha value is -1.19. The molecule has 8 nitrogen and oxygen atoms in total. The van der Waals surface area contributed by atoms with Crippen LogP contribution in [-0.4, -0.2) is 83.2 Å². The molecule has 0 radical (unpaired) electrons. The average molecular weight is 336 g/mol. The van der Waals surface area contributed by atoms with Crippen LogP contribution in [0, 0.1) is 0 Å². The van der Waals surface area contributed by atoms with E-state index in [0.29, 0.717) is 26.0 Å². The largest absolute Gasteiger partial charge is 0.385 e. The summed E-state index contributed by atoms with van der Waals surface area (Å²) in [4.78, 5) is 25.4. The molecule has 1 unspecified atom stereocenters. The van der Waals surface area contributed by atoms with Crippen molar-refractivity contribution in [2.45, 2.75) is 18.9 Å². The molecule has 1 fully saturated rings. The lowest BCUT2D eigenvalue weighted by molar-refractivity contribution is -0.147. The van der Waals surface area contributed by atoms with Crippen LogP contribution < -0.4 is 5.32 Å². The summed E-state index contributed by atoms with van der Waals surface area (Å²) in [5.41, 5.74) is 0. The van der Waals surface area contributed by atoms with Gasteiger partial charge in [-0.2, -0.15) is 0 Å². The van der Waals surface area contributed by atoms with Crippen molar-refractivity contribution in [3.8, 4) is 0 Å². The lowest BCUT2D eigenvalue weighted by Crippen LogP contribution is -2.49. The van der Waals surface area contributed by atoms with E-state index >= 15 is 0 Å². The summed E-state index contributed by atoms with van der Waals surface area (Å²) in [6.45, 7) is 1.27. The highest BCUT2D eigenvalue weighted by atomic mass is 32.2. The van der Waals surface area contributed by atoms with E-state index < -0.39 is 27.7 Å². The summed E-state index contributed by atoms with van der Waals surface area (Å²) in [5.74, 6) is -1.49. The molecule has 1 rings (SSSR count). The fourth-order valence-corrected chi connectivity index (χ4v) is 4.02. The van der Waals surface area contributed by atoms with E-state index in [9.17, 15) is 18.0 Å². The van der Waals surface area contributed by atoms with Gasteiger partial charge in [-0.1, -0.05) is 0 Å². The normalized spacial score (nSPS) is 19.8. The zero-order valence-corrected chi connectivity index (χ0v) is 13.9. The Morgan fingerprint density at radius 3 is 2.45 bits per heavy atom. The molecule has 128 valence electrons. The first-order valence-electron chi connectivity index (χ1n) is 7.18. The van der Waals surface area contributed by atoms with Gasteiger partial charge in [-0.3, -0.25) is 9.59 Å². The summed E-state index contributed by atoms with van der Waals surface area (Å²) in [5, 5.41) is 2.52. The fourth-order valence-electron chi connectivity index (χ4n) is 2.29. The molecular formula is C13H24N2O6S. The lowest BCUT2D eigenvalue weighted by Gasteiger charge is -2.27. The predicted octanol–water partition coefficient (Wildman–Crippen LogP) is -1.20. The second-order valence-corrected chi connectivity index (χ2v) is 7.38. The summed E-state index contributed by atoms with van der Waals surface area (Å²) >= 11 is 0. The maximum atomic E-state index is 12.2. The lowest BCUT2D eigenvalue weighted by atomic mass is 10.2. The van der Waals surface area contributed by atoms with Crippen molar-refractivity contribution in [1.29, 1.82) is 0 Å². The molecular weight excluding hydrogens is 312 g/mol. The van der Waals surface area contributed by atoms with Gasteiger partial charge in [0.2, 0.25) is 0 Å². The van der Waals surface area contributed by atoms with Crippen LogP contribution in [0.3, 0.4) is 0 Å². The van der Waals surface area contributed by atoms with Crippen molar-refractivity contribution in [2.24, 2.45) is 0 Å². The Kier molecular flexibility index (Phi) is 7.77. The summed E-state index contributed by atoms with van der Waals surface area (Å²) < 4.78 is 32.9. The number of hydrogen-bond acceptors (Lipinski definition) is 6. The highest BCUT2D eigenvalue weighted by Gasteiger charge is 2.36. The number of rotatable bonds is 8. The van der Waals surface area contributed by atoms with Crippen molar-refractivity contribution in [3.63, 3.8) is 0 Å². The number of nitrogens with zero attached hydrogens (tertiary/aromatic N) is 1. The summed E-state index contributed by atoms with van der Waals surface area (Å²) in [7, 11) is -0.0914. The third-order valence-corrected chi connectivity index (χ3v) is 5.20. The number of carbonyl (C=O) groups excluding carboxylic acids is 2. The smallest absolute Gasteiger partial charge is 0.312 e. The standard InChI is InChI=1S/C13H24N2O6S/c1-20-7-3-5-14-12(16)13(17)15(6-8-21-2)11-4-9-22(18,19)10-11/h11H,3-10H2,1-2H3,(H,14,16). The second-order valence-electron chi connectivity index (χ2n) is 5.15. The van der Waals surface area contributed by atoms with Crippen LogP contribution in [0.25, 0.3) is 0 Å². The van der Waals surface area contributed by atoms with E-state index in [1.54, 1.807) is 7.11 Å². The molecule has 0 bridgehead atoms. The Morgan fingerprint density at radius 1 is 1.23 bits per heavy atom. The van der Waals surface area contributed by atoms with Crippen LogP contribution in [0.1, 0.15) is 12.8 Å². The number of hydrogen-bond donors (Lipinski definition) is 1. The molecule has 0 saturated carbocycles. The molecule has 0 aromatic heterocycles. The topological polar surface area (TPSA) is 102 Å². The molecule has 2 amide bonds. The number of sulfone groups is 1. The molecule has 9 heteroatoms. The molecule has 0 spiro atoms. The second kappa shape index (κ2) is 9.06. The van der Waals surface area contributed by atoms with Gasteiger partial charge in [0, 0.05) is 40.0 Å². The molecule has 0 aliphatic carbocycles. The highest BCUT2D eigenvalue weighted by molar-refractivity contribution is 7.91. The van der Waals surface area contributed by atoms with E-state index in [-0.39, 0.29) is 24.7 Å². The van der Waals surface area contributed by atoms with Gasteiger partial charge >= 0.3 is 11.8 Å².